The number of ether oxygens (including phenoxy) is 2. The van der Waals surface area contributed by atoms with Crippen LogP contribution in [0, 0.1) is 0 Å². The molecule has 0 saturated carbocycles. The summed E-state index contributed by atoms with van der Waals surface area (Å²) in [5.74, 6) is 0. The molecule has 0 aliphatic carbocycles. The zero-order valence-electron chi connectivity index (χ0n) is 8.77. The fourth-order valence-corrected chi connectivity index (χ4v) is 1.91. The average molecular weight is 187 g/mol. The Morgan fingerprint density at radius 1 is 1.46 bits per heavy atom. The molecular weight excluding hydrogens is 166 g/mol. The molecule has 1 fully saturated rings. The van der Waals surface area contributed by atoms with E-state index >= 15 is 0 Å². The van der Waals surface area contributed by atoms with Gasteiger partial charge in [-0.1, -0.05) is 0 Å². The van der Waals surface area contributed by atoms with Crippen molar-refractivity contribution in [2.24, 2.45) is 0 Å². The van der Waals surface area contributed by atoms with Crippen molar-refractivity contribution < 1.29 is 9.47 Å². The van der Waals surface area contributed by atoms with Gasteiger partial charge in [0, 0.05) is 13.7 Å². The molecule has 0 aromatic rings. The minimum absolute atomic E-state index is 0.00396. The Labute approximate surface area is 80.8 Å². The predicted molar refractivity (Wildman–Crippen MR) is 53.0 cm³/mol. The van der Waals surface area contributed by atoms with Gasteiger partial charge in [0.2, 0.25) is 0 Å². The average Bonchev–Trinajstić information content (AvgIpc) is 2.17. The second-order valence-electron chi connectivity index (χ2n) is 3.78. The fraction of sp³-hybridized carbons (Fsp3) is 1.00. The van der Waals surface area contributed by atoms with Gasteiger partial charge in [-0.3, -0.25) is 0 Å². The lowest BCUT2D eigenvalue weighted by Crippen LogP contribution is -2.42. The number of methoxy groups -OCH3 is 1. The summed E-state index contributed by atoms with van der Waals surface area (Å²) in [5, 5.41) is 3.16. The quantitative estimate of drug-likeness (QED) is 0.701. The largest absolute Gasteiger partial charge is 0.382 e. The van der Waals surface area contributed by atoms with Gasteiger partial charge in [0.25, 0.3) is 0 Å². The zero-order valence-corrected chi connectivity index (χ0v) is 8.77. The number of rotatable bonds is 5. The number of hydrogen-bond donors (Lipinski definition) is 1. The highest BCUT2D eigenvalue weighted by atomic mass is 16.5. The second-order valence-corrected chi connectivity index (χ2v) is 3.78. The van der Waals surface area contributed by atoms with Crippen molar-refractivity contribution in [3.63, 3.8) is 0 Å². The fourth-order valence-electron chi connectivity index (χ4n) is 1.91. The molecule has 1 N–H and O–H groups in total. The molecule has 78 valence electrons. The lowest BCUT2D eigenvalue weighted by Gasteiger charge is -2.36. The second kappa shape index (κ2) is 5.58. The Kier molecular flexibility index (Phi) is 4.70. The van der Waals surface area contributed by atoms with Crippen LogP contribution in [0.15, 0.2) is 0 Å². The lowest BCUT2D eigenvalue weighted by atomic mass is 9.91. The molecule has 1 unspecified atom stereocenters. The van der Waals surface area contributed by atoms with E-state index in [9.17, 15) is 0 Å². The van der Waals surface area contributed by atoms with Crippen LogP contribution in [0.5, 0.6) is 0 Å². The van der Waals surface area contributed by atoms with E-state index in [2.05, 4.69) is 5.32 Å². The molecule has 0 amide bonds. The van der Waals surface area contributed by atoms with Gasteiger partial charge >= 0.3 is 0 Å². The molecule has 1 atom stereocenters. The summed E-state index contributed by atoms with van der Waals surface area (Å²) in [6.45, 7) is 2.63. The maximum Gasteiger partial charge on any atom is 0.0926 e. The van der Waals surface area contributed by atoms with Gasteiger partial charge in [-0.2, -0.15) is 0 Å². The predicted octanol–water partition coefficient (Wildman–Crippen LogP) is 1.18. The summed E-state index contributed by atoms with van der Waals surface area (Å²) >= 11 is 0. The molecule has 0 bridgehead atoms. The van der Waals surface area contributed by atoms with E-state index in [0.717, 1.165) is 32.6 Å². The molecule has 0 radical (unpaired) electrons. The maximum absolute atomic E-state index is 5.84. The van der Waals surface area contributed by atoms with E-state index < -0.39 is 0 Å². The first-order valence-electron chi connectivity index (χ1n) is 5.10. The first-order valence-corrected chi connectivity index (χ1v) is 5.10. The van der Waals surface area contributed by atoms with Crippen LogP contribution in [0.1, 0.15) is 25.7 Å². The van der Waals surface area contributed by atoms with Gasteiger partial charge in [0.15, 0.2) is 0 Å². The Bertz CT molecular complexity index is 127. The molecule has 0 spiro atoms. The van der Waals surface area contributed by atoms with Crippen LogP contribution in [0.3, 0.4) is 0 Å². The van der Waals surface area contributed by atoms with Crippen LogP contribution in [-0.4, -0.2) is 39.5 Å². The van der Waals surface area contributed by atoms with Crippen LogP contribution in [0.25, 0.3) is 0 Å². The Hall–Kier alpha value is -0.120. The number of hydrogen-bond acceptors (Lipinski definition) is 3. The van der Waals surface area contributed by atoms with Crippen molar-refractivity contribution in [2.45, 2.75) is 31.3 Å². The first-order chi connectivity index (χ1) is 6.33. The summed E-state index contributed by atoms with van der Waals surface area (Å²) in [5.41, 5.74) is -0.00396. The van der Waals surface area contributed by atoms with Crippen molar-refractivity contribution in [3.8, 4) is 0 Å². The van der Waals surface area contributed by atoms with Crippen LogP contribution in [0.2, 0.25) is 0 Å². The molecule has 1 aliphatic rings. The number of nitrogens with one attached hydrogen (secondary N) is 1. The Morgan fingerprint density at radius 3 is 2.85 bits per heavy atom. The van der Waals surface area contributed by atoms with Crippen LogP contribution >= 0.6 is 0 Å². The summed E-state index contributed by atoms with van der Waals surface area (Å²) in [7, 11) is 3.72. The van der Waals surface area contributed by atoms with E-state index in [0.29, 0.717) is 0 Å². The molecule has 3 heteroatoms. The monoisotopic (exact) mass is 187 g/mol. The van der Waals surface area contributed by atoms with Crippen molar-refractivity contribution >= 4 is 0 Å². The lowest BCUT2D eigenvalue weighted by molar-refractivity contribution is -0.119. The van der Waals surface area contributed by atoms with Crippen molar-refractivity contribution in [3.05, 3.63) is 0 Å². The summed E-state index contributed by atoms with van der Waals surface area (Å²) < 4.78 is 11.1. The van der Waals surface area contributed by atoms with E-state index in [1.54, 1.807) is 7.11 Å². The molecule has 1 saturated heterocycles. The van der Waals surface area contributed by atoms with E-state index in [1.807, 2.05) is 7.05 Å². The third-order valence-corrected chi connectivity index (χ3v) is 2.67. The zero-order chi connectivity index (χ0) is 9.57. The smallest absolute Gasteiger partial charge is 0.0926 e. The highest BCUT2D eigenvalue weighted by Gasteiger charge is 2.32. The minimum Gasteiger partial charge on any atom is -0.382 e. The molecular formula is C10H21NO2. The van der Waals surface area contributed by atoms with Gasteiger partial charge < -0.3 is 14.8 Å². The van der Waals surface area contributed by atoms with Crippen molar-refractivity contribution in [2.75, 3.05) is 33.9 Å². The highest BCUT2D eigenvalue weighted by molar-refractivity contribution is 4.83. The highest BCUT2D eigenvalue weighted by Crippen LogP contribution is 2.28. The molecule has 3 nitrogen and oxygen atoms in total. The van der Waals surface area contributed by atoms with Gasteiger partial charge in [0.1, 0.15) is 0 Å². The van der Waals surface area contributed by atoms with Crippen LogP contribution in [0.4, 0.5) is 0 Å². The Balaban J connectivity index is 2.40. The molecule has 0 aromatic carbocycles. The van der Waals surface area contributed by atoms with Crippen molar-refractivity contribution in [1.82, 2.24) is 5.32 Å². The van der Waals surface area contributed by atoms with Gasteiger partial charge in [-0.15, -0.1) is 0 Å². The van der Waals surface area contributed by atoms with Crippen LogP contribution in [-0.2, 0) is 9.47 Å². The standard InChI is InChI=1S/C10H21NO2/c1-11-7-6-10(9-12-2)5-3-4-8-13-10/h11H,3-9H2,1-2H3. The van der Waals surface area contributed by atoms with E-state index in [-0.39, 0.29) is 5.60 Å². The van der Waals surface area contributed by atoms with Crippen LogP contribution < -0.4 is 5.32 Å². The summed E-state index contributed by atoms with van der Waals surface area (Å²) in [6.07, 6.45) is 4.66. The maximum atomic E-state index is 5.84. The van der Waals surface area contributed by atoms with Crippen molar-refractivity contribution in [1.29, 1.82) is 0 Å². The molecule has 13 heavy (non-hydrogen) atoms. The third kappa shape index (κ3) is 3.25. The summed E-state index contributed by atoms with van der Waals surface area (Å²) in [6, 6.07) is 0. The van der Waals surface area contributed by atoms with E-state index in [4.69, 9.17) is 9.47 Å². The topological polar surface area (TPSA) is 30.5 Å². The molecule has 0 aromatic heterocycles. The summed E-state index contributed by atoms with van der Waals surface area (Å²) in [4.78, 5) is 0. The third-order valence-electron chi connectivity index (χ3n) is 2.67. The Morgan fingerprint density at radius 2 is 2.31 bits per heavy atom. The first kappa shape index (κ1) is 11.0. The molecule has 1 aliphatic heterocycles. The van der Waals surface area contributed by atoms with Gasteiger partial charge in [-0.05, 0) is 39.3 Å². The minimum atomic E-state index is -0.00396. The normalized spacial score (nSPS) is 29.1. The SMILES string of the molecule is CNCCC1(COC)CCCCO1. The van der Waals surface area contributed by atoms with E-state index in [1.165, 1.54) is 12.8 Å². The van der Waals surface area contributed by atoms with Gasteiger partial charge in [0.05, 0.1) is 12.2 Å². The van der Waals surface area contributed by atoms with Gasteiger partial charge in [-0.25, -0.2) is 0 Å². The molecule has 1 heterocycles. The molecule has 1 rings (SSSR count).